The summed E-state index contributed by atoms with van der Waals surface area (Å²) < 4.78 is 5.72. The molecular weight excluding hydrogens is 262 g/mol. The zero-order chi connectivity index (χ0) is 15.5. The van der Waals surface area contributed by atoms with Crippen LogP contribution in [0.15, 0.2) is 0 Å². The zero-order valence-electron chi connectivity index (χ0n) is 14.5. The molecule has 0 radical (unpaired) electrons. The Bertz CT molecular complexity index is 309. The van der Waals surface area contributed by atoms with Gasteiger partial charge < -0.3 is 14.7 Å². The highest BCUT2D eigenvalue weighted by molar-refractivity contribution is 4.86. The van der Waals surface area contributed by atoms with E-state index < -0.39 is 0 Å². The monoisotopic (exact) mass is 297 g/mol. The van der Waals surface area contributed by atoms with Crippen molar-refractivity contribution in [1.82, 2.24) is 4.90 Å². The molecule has 3 unspecified atom stereocenters. The maximum atomic E-state index is 10.3. The summed E-state index contributed by atoms with van der Waals surface area (Å²) in [6.45, 7) is 10.8. The van der Waals surface area contributed by atoms with E-state index in [1.54, 1.807) is 0 Å². The van der Waals surface area contributed by atoms with Crippen LogP contribution in [0.5, 0.6) is 0 Å². The van der Waals surface area contributed by atoms with Crippen molar-refractivity contribution in [3.05, 3.63) is 0 Å². The predicted octanol–water partition coefficient (Wildman–Crippen LogP) is 3.17. The van der Waals surface area contributed by atoms with Gasteiger partial charge >= 0.3 is 0 Å². The first-order chi connectivity index (χ1) is 9.86. The van der Waals surface area contributed by atoms with Crippen LogP contribution in [0.25, 0.3) is 0 Å². The Kier molecular flexibility index (Phi) is 6.10. The molecule has 0 aliphatic heterocycles. The van der Waals surface area contributed by atoms with Crippen LogP contribution in [0.3, 0.4) is 0 Å². The standard InChI is InChI=1S/C18H35NO2/c1-18(2,3)16-7-8-17(20)15(11-16)12-19(4)9-10-21-13-14-5-6-14/h14-17,20H,5-13H2,1-4H3. The lowest BCUT2D eigenvalue weighted by atomic mass is 9.68. The molecular formula is C18H35NO2. The second-order valence-corrected chi connectivity index (χ2v) is 8.48. The summed E-state index contributed by atoms with van der Waals surface area (Å²) in [6.07, 6.45) is 5.92. The van der Waals surface area contributed by atoms with Crippen molar-refractivity contribution < 1.29 is 9.84 Å². The van der Waals surface area contributed by atoms with Crippen LogP contribution in [0.4, 0.5) is 0 Å². The molecule has 0 saturated heterocycles. The van der Waals surface area contributed by atoms with Gasteiger partial charge in [-0.15, -0.1) is 0 Å². The Labute approximate surface area is 131 Å². The fraction of sp³-hybridized carbons (Fsp3) is 1.00. The molecule has 21 heavy (non-hydrogen) atoms. The lowest BCUT2D eigenvalue weighted by Crippen LogP contribution is -2.41. The van der Waals surface area contributed by atoms with Gasteiger partial charge in [0.05, 0.1) is 12.7 Å². The van der Waals surface area contributed by atoms with Gasteiger partial charge in [-0.05, 0) is 62.3 Å². The smallest absolute Gasteiger partial charge is 0.0593 e. The second-order valence-electron chi connectivity index (χ2n) is 8.48. The van der Waals surface area contributed by atoms with E-state index in [0.717, 1.165) is 51.0 Å². The second kappa shape index (κ2) is 7.43. The van der Waals surface area contributed by atoms with Gasteiger partial charge in [-0.3, -0.25) is 0 Å². The number of ether oxygens (including phenoxy) is 1. The highest BCUT2D eigenvalue weighted by Crippen LogP contribution is 2.40. The number of likely N-dealkylation sites (N-methyl/N-ethyl adjacent to an activating group) is 1. The molecule has 3 atom stereocenters. The SMILES string of the molecule is CN(CCOCC1CC1)CC1CC(C(C)(C)C)CCC1O. The molecule has 0 aromatic rings. The minimum atomic E-state index is -0.113. The molecule has 3 heteroatoms. The quantitative estimate of drug-likeness (QED) is 0.733. The van der Waals surface area contributed by atoms with Crippen LogP contribution in [0.1, 0.15) is 52.9 Å². The molecule has 0 heterocycles. The summed E-state index contributed by atoms with van der Waals surface area (Å²) in [5.74, 6) is 2.02. The van der Waals surface area contributed by atoms with Gasteiger partial charge in [-0.25, -0.2) is 0 Å². The van der Waals surface area contributed by atoms with Gasteiger partial charge in [0, 0.05) is 19.7 Å². The summed E-state index contributed by atoms with van der Waals surface area (Å²) in [5, 5.41) is 10.3. The first kappa shape index (κ1) is 17.2. The zero-order valence-corrected chi connectivity index (χ0v) is 14.5. The Morgan fingerprint density at radius 3 is 2.48 bits per heavy atom. The topological polar surface area (TPSA) is 32.7 Å². The third kappa shape index (κ3) is 5.88. The lowest BCUT2D eigenvalue weighted by Gasteiger charge is -2.41. The Morgan fingerprint density at radius 2 is 1.86 bits per heavy atom. The minimum Gasteiger partial charge on any atom is -0.393 e. The predicted molar refractivity (Wildman–Crippen MR) is 87.3 cm³/mol. The van der Waals surface area contributed by atoms with E-state index in [1.165, 1.54) is 19.3 Å². The van der Waals surface area contributed by atoms with Crippen molar-refractivity contribution in [3.8, 4) is 0 Å². The average Bonchev–Trinajstić information content (AvgIpc) is 3.20. The maximum absolute atomic E-state index is 10.3. The van der Waals surface area contributed by atoms with Gasteiger partial charge in [-0.2, -0.15) is 0 Å². The maximum Gasteiger partial charge on any atom is 0.0593 e. The Balaban J connectivity index is 1.68. The number of hydrogen-bond donors (Lipinski definition) is 1. The number of rotatable bonds is 7. The van der Waals surface area contributed by atoms with Crippen molar-refractivity contribution in [2.24, 2.45) is 23.2 Å². The fourth-order valence-corrected chi connectivity index (χ4v) is 3.48. The van der Waals surface area contributed by atoms with Crippen molar-refractivity contribution >= 4 is 0 Å². The van der Waals surface area contributed by atoms with E-state index in [1.807, 2.05) is 0 Å². The Morgan fingerprint density at radius 1 is 1.14 bits per heavy atom. The largest absolute Gasteiger partial charge is 0.393 e. The van der Waals surface area contributed by atoms with Gasteiger partial charge in [0.15, 0.2) is 0 Å². The van der Waals surface area contributed by atoms with Crippen molar-refractivity contribution in [3.63, 3.8) is 0 Å². The van der Waals surface area contributed by atoms with Crippen LogP contribution in [0.2, 0.25) is 0 Å². The molecule has 0 aromatic carbocycles. The third-order valence-corrected chi connectivity index (χ3v) is 5.38. The van der Waals surface area contributed by atoms with Gasteiger partial charge in [0.25, 0.3) is 0 Å². The van der Waals surface area contributed by atoms with Gasteiger partial charge in [0.2, 0.25) is 0 Å². The van der Waals surface area contributed by atoms with E-state index in [4.69, 9.17) is 4.74 Å². The number of nitrogens with zero attached hydrogens (tertiary/aromatic N) is 1. The van der Waals surface area contributed by atoms with E-state index in [-0.39, 0.29) is 6.10 Å². The molecule has 3 nitrogen and oxygen atoms in total. The molecule has 0 spiro atoms. The van der Waals surface area contributed by atoms with Gasteiger partial charge in [0.1, 0.15) is 0 Å². The highest BCUT2D eigenvalue weighted by Gasteiger charge is 2.35. The molecule has 2 aliphatic rings. The van der Waals surface area contributed by atoms with Crippen molar-refractivity contribution in [1.29, 1.82) is 0 Å². The number of aliphatic hydroxyl groups excluding tert-OH is 1. The normalized spacial score (nSPS) is 30.9. The molecule has 2 aliphatic carbocycles. The molecule has 124 valence electrons. The first-order valence-corrected chi connectivity index (χ1v) is 8.80. The average molecular weight is 297 g/mol. The first-order valence-electron chi connectivity index (χ1n) is 8.80. The van der Waals surface area contributed by atoms with Crippen molar-refractivity contribution in [2.45, 2.75) is 59.0 Å². The molecule has 2 rings (SSSR count). The van der Waals surface area contributed by atoms with E-state index >= 15 is 0 Å². The molecule has 0 amide bonds. The van der Waals surface area contributed by atoms with Gasteiger partial charge in [-0.1, -0.05) is 20.8 Å². The summed E-state index contributed by atoms with van der Waals surface area (Å²) >= 11 is 0. The van der Waals surface area contributed by atoms with E-state index in [2.05, 4.69) is 32.7 Å². The molecule has 1 N–H and O–H groups in total. The summed E-state index contributed by atoms with van der Waals surface area (Å²) in [7, 11) is 2.16. The fourth-order valence-electron chi connectivity index (χ4n) is 3.48. The Hall–Kier alpha value is -0.120. The van der Waals surface area contributed by atoms with Crippen LogP contribution >= 0.6 is 0 Å². The van der Waals surface area contributed by atoms with Crippen molar-refractivity contribution in [2.75, 3.05) is 33.4 Å². The molecule has 0 bridgehead atoms. The molecule has 2 saturated carbocycles. The van der Waals surface area contributed by atoms with E-state index in [9.17, 15) is 5.11 Å². The van der Waals surface area contributed by atoms with Crippen LogP contribution in [-0.4, -0.2) is 49.5 Å². The van der Waals surface area contributed by atoms with E-state index in [0.29, 0.717) is 11.3 Å². The summed E-state index contributed by atoms with van der Waals surface area (Å²) in [6, 6.07) is 0. The summed E-state index contributed by atoms with van der Waals surface area (Å²) in [4.78, 5) is 2.34. The minimum absolute atomic E-state index is 0.113. The van der Waals surface area contributed by atoms with Crippen LogP contribution in [0, 0.1) is 23.2 Å². The van der Waals surface area contributed by atoms with Crippen LogP contribution < -0.4 is 0 Å². The molecule has 0 aromatic heterocycles. The number of hydrogen-bond acceptors (Lipinski definition) is 3. The highest BCUT2D eigenvalue weighted by atomic mass is 16.5. The van der Waals surface area contributed by atoms with Crippen LogP contribution in [-0.2, 0) is 4.74 Å². The third-order valence-electron chi connectivity index (χ3n) is 5.38. The molecule has 2 fully saturated rings. The lowest BCUT2D eigenvalue weighted by molar-refractivity contribution is 0.00258. The summed E-state index contributed by atoms with van der Waals surface area (Å²) in [5.41, 5.74) is 0.365. The number of aliphatic hydroxyl groups is 1.